The molecule has 0 amide bonds. The van der Waals surface area contributed by atoms with Crippen molar-refractivity contribution in [2.24, 2.45) is 23.2 Å². The summed E-state index contributed by atoms with van der Waals surface area (Å²) in [4.78, 5) is 0. The van der Waals surface area contributed by atoms with Gasteiger partial charge in [0.25, 0.3) is 0 Å². The monoisotopic (exact) mass is 634 g/mol. The summed E-state index contributed by atoms with van der Waals surface area (Å²) in [5.41, 5.74) is 2.75. The Labute approximate surface area is 255 Å². The van der Waals surface area contributed by atoms with Crippen LogP contribution in [0.3, 0.4) is 0 Å². The van der Waals surface area contributed by atoms with Gasteiger partial charge < -0.3 is 19.9 Å². The van der Waals surface area contributed by atoms with Crippen molar-refractivity contribution in [1.82, 2.24) is 0 Å². The molecule has 43 heavy (non-hydrogen) atoms. The molecule has 0 aliphatic heterocycles. The van der Waals surface area contributed by atoms with Crippen molar-refractivity contribution in [3.05, 3.63) is 41.5 Å². The fourth-order valence-electron chi connectivity index (χ4n) is 8.25. The van der Waals surface area contributed by atoms with E-state index in [1.807, 2.05) is 6.07 Å². The lowest BCUT2D eigenvalue weighted by Crippen LogP contribution is -2.45. The van der Waals surface area contributed by atoms with E-state index in [1.54, 1.807) is 12.1 Å². The van der Waals surface area contributed by atoms with Crippen molar-refractivity contribution in [3.63, 3.8) is 0 Å². The lowest BCUT2D eigenvalue weighted by atomic mass is 9.51. The van der Waals surface area contributed by atoms with Gasteiger partial charge in [0.15, 0.2) is 0 Å². The molecule has 0 aromatic heterocycles. The van der Waals surface area contributed by atoms with E-state index in [9.17, 15) is 41.8 Å². The lowest BCUT2D eigenvalue weighted by Gasteiger charge is -2.53. The van der Waals surface area contributed by atoms with Crippen LogP contribution in [0, 0.1) is 23.2 Å². The SMILES string of the molecule is C=C1[C@H](O)CC2C3C(CC[C@]12C)c1ccc(O)cc1[C@H](O)[C@H]3CCCCCCCCC[S+]([O-])CCCC(F)(F)C(F)(F)F. The highest BCUT2D eigenvalue weighted by atomic mass is 32.2. The minimum absolute atomic E-state index is 0.0353. The third kappa shape index (κ3) is 7.55. The molecule has 0 heterocycles. The molecular formula is C33H47F5O4S. The van der Waals surface area contributed by atoms with Gasteiger partial charge >= 0.3 is 12.1 Å². The normalized spacial score (nSPS) is 31.4. The number of rotatable bonds is 14. The standard InChI is InChI=1S/C33H47F5O4S/c1-21-28(40)20-27-29-24(14-16-31(21,27)2)23-13-12-22(39)19-26(23)30(41)25(29)11-8-6-4-3-5-7-9-17-43(42)18-10-15-32(34,35)33(36,37)38/h12-13,19,24-25,27-30,39-41H,1,3-11,14-18,20H2,2H3/t24?,25-,27?,28+,29?,30+,31+,43?/m0/s1. The van der Waals surface area contributed by atoms with E-state index in [0.29, 0.717) is 18.6 Å². The average molecular weight is 635 g/mol. The van der Waals surface area contributed by atoms with Gasteiger partial charge in [0, 0.05) is 6.42 Å². The first-order chi connectivity index (χ1) is 20.2. The molecule has 3 N–H and O–H groups in total. The number of hydrogen-bond acceptors (Lipinski definition) is 4. The van der Waals surface area contributed by atoms with Gasteiger partial charge in [0.05, 0.1) is 12.2 Å². The Hall–Kier alpha value is -1.36. The number of phenols is 1. The van der Waals surface area contributed by atoms with Gasteiger partial charge in [-0.2, -0.15) is 22.0 Å². The van der Waals surface area contributed by atoms with Gasteiger partial charge in [-0.3, -0.25) is 0 Å². The first kappa shape index (κ1) is 34.5. The molecule has 2 fully saturated rings. The molecular weight excluding hydrogens is 587 g/mol. The number of aliphatic hydroxyl groups excluding tert-OH is 2. The van der Waals surface area contributed by atoms with Crippen LogP contribution in [-0.4, -0.2) is 49.6 Å². The van der Waals surface area contributed by atoms with Crippen molar-refractivity contribution >= 4 is 11.2 Å². The van der Waals surface area contributed by atoms with E-state index >= 15 is 0 Å². The first-order valence-electron chi connectivity index (χ1n) is 15.8. The summed E-state index contributed by atoms with van der Waals surface area (Å²) in [6.45, 7) is 6.48. The summed E-state index contributed by atoms with van der Waals surface area (Å²) in [5.74, 6) is -3.59. The number of benzene rings is 1. The zero-order valence-corrected chi connectivity index (χ0v) is 25.9. The number of phenolic OH excluding ortho intramolecular Hbond substituents is 1. The summed E-state index contributed by atoms with van der Waals surface area (Å²) < 4.78 is 74.6. The van der Waals surface area contributed by atoms with Crippen LogP contribution in [0.15, 0.2) is 30.4 Å². The Morgan fingerprint density at radius 2 is 1.58 bits per heavy atom. The van der Waals surface area contributed by atoms with Crippen LogP contribution in [0.5, 0.6) is 5.75 Å². The number of unbranched alkanes of at least 4 members (excludes halogenated alkanes) is 6. The third-order valence-corrected chi connectivity index (χ3v) is 12.2. The van der Waals surface area contributed by atoms with Crippen LogP contribution in [0.4, 0.5) is 22.0 Å². The molecule has 3 aliphatic carbocycles. The van der Waals surface area contributed by atoms with Crippen LogP contribution >= 0.6 is 0 Å². The van der Waals surface area contributed by atoms with Gasteiger partial charge in [0.1, 0.15) is 17.3 Å². The predicted octanol–water partition coefficient (Wildman–Crippen LogP) is 8.34. The van der Waals surface area contributed by atoms with Crippen molar-refractivity contribution in [3.8, 4) is 5.75 Å². The molecule has 3 aliphatic rings. The van der Waals surface area contributed by atoms with Crippen molar-refractivity contribution in [1.29, 1.82) is 0 Å². The molecule has 10 heteroatoms. The topological polar surface area (TPSA) is 83.8 Å². The average Bonchev–Trinajstić information content (AvgIpc) is 3.16. The number of fused-ring (bicyclic) bond motifs is 5. The van der Waals surface area contributed by atoms with Gasteiger partial charge in [-0.25, -0.2) is 0 Å². The van der Waals surface area contributed by atoms with E-state index in [2.05, 4.69) is 13.5 Å². The van der Waals surface area contributed by atoms with Crippen molar-refractivity contribution < 1.29 is 41.8 Å². The van der Waals surface area contributed by atoms with Gasteiger partial charge in [-0.1, -0.05) is 62.8 Å². The Bertz CT molecular complexity index is 1100. The van der Waals surface area contributed by atoms with E-state index in [-0.39, 0.29) is 40.6 Å². The first-order valence-corrected chi connectivity index (χ1v) is 17.3. The van der Waals surface area contributed by atoms with Crippen LogP contribution in [0.25, 0.3) is 0 Å². The van der Waals surface area contributed by atoms with Crippen molar-refractivity contribution in [2.75, 3.05) is 11.5 Å². The number of alkyl halides is 5. The van der Waals surface area contributed by atoms with E-state index < -0.39 is 48.3 Å². The second-order valence-electron chi connectivity index (χ2n) is 13.4. The highest BCUT2D eigenvalue weighted by molar-refractivity contribution is 7.91. The number of aliphatic hydroxyl groups is 2. The van der Waals surface area contributed by atoms with Gasteiger partial charge in [0.2, 0.25) is 0 Å². The molecule has 8 atom stereocenters. The van der Waals surface area contributed by atoms with E-state index in [4.69, 9.17) is 0 Å². The summed E-state index contributed by atoms with van der Waals surface area (Å²) in [5, 5.41) is 32.5. The zero-order chi connectivity index (χ0) is 31.6. The van der Waals surface area contributed by atoms with Crippen LogP contribution in [-0.2, 0) is 11.2 Å². The Balaban J connectivity index is 1.20. The quantitative estimate of drug-likeness (QED) is 0.0832. The molecule has 2 saturated carbocycles. The van der Waals surface area contributed by atoms with Crippen molar-refractivity contribution in [2.45, 2.75) is 121 Å². The number of hydrogen-bond donors (Lipinski definition) is 3. The highest BCUT2D eigenvalue weighted by Gasteiger charge is 2.58. The molecule has 0 saturated heterocycles. The van der Waals surface area contributed by atoms with E-state index in [0.717, 1.165) is 74.5 Å². The Morgan fingerprint density at radius 1 is 0.953 bits per heavy atom. The lowest BCUT2D eigenvalue weighted by molar-refractivity contribution is -0.284. The van der Waals surface area contributed by atoms with Gasteiger partial charge in [-0.05, 0) is 103 Å². The maximum absolute atomic E-state index is 13.0. The molecule has 0 bridgehead atoms. The van der Waals surface area contributed by atoms with Crippen LogP contribution < -0.4 is 0 Å². The maximum Gasteiger partial charge on any atom is 0.453 e. The highest BCUT2D eigenvalue weighted by Crippen LogP contribution is 2.65. The fraction of sp³-hybridized carbons (Fsp3) is 0.758. The number of aromatic hydroxyl groups is 1. The molecule has 0 radical (unpaired) electrons. The minimum atomic E-state index is -5.56. The zero-order valence-electron chi connectivity index (χ0n) is 25.1. The largest absolute Gasteiger partial charge is 0.616 e. The maximum atomic E-state index is 13.0. The molecule has 4 nitrogen and oxygen atoms in total. The van der Waals surface area contributed by atoms with Crippen LogP contribution in [0.2, 0.25) is 0 Å². The summed E-state index contributed by atoms with van der Waals surface area (Å²) in [6.07, 6.45) is 1.38. The fourth-order valence-corrected chi connectivity index (χ4v) is 9.45. The molecule has 0 spiro atoms. The third-order valence-electron chi connectivity index (χ3n) is 10.7. The summed E-state index contributed by atoms with van der Waals surface area (Å²) >= 11 is -1.39. The summed E-state index contributed by atoms with van der Waals surface area (Å²) in [6, 6.07) is 5.38. The smallest absolute Gasteiger partial charge is 0.453 e. The molecule has 4 rings (SSSR count). The molecule has 1 aromatic rings. The molecule has 4 unspecified atom stereocenters. The van der Waals surface area contributed by atoms with Crippen LogP contribution in [0.1, 0.15) is 114 Å². The summed E-state index contributed by atoms with van der Waals surface area (Å²) in [7, 11) is 0. The molecule has 1 aromatic carbocycles. The number of halogens is 5. The Kier molecular flexibility index (Phi) is 11.2. The second-order valence-corrected chi connectivity index (χ2v) is 15.1. The van der Waals surface area contributed by atoms with Gasteiger partial charge in [-0.15, -0.1) is 0 Å². The predicted molar refractivity (Wildman–Crippen MR) is 158 cm³/mol. The second kappa shape index (κ2) is 14.0. The molecule has 244 valence electrons. The minimum Gasteiger partial charge on any atom is -0.616 e. The Morgan fingerprint density at radius 3 is 2.26 bits per heavy atom. The van der Waals surface area contributed by atoms with E-state index in [1.165, 1.54) is 0 Å².